The van der Waals surface area contributed by atoms with Gasteiger partial charge in [0.1, 0.15) is 0 Å². The smallest absolute Gasteiger partial charge is 0.350 e. The molecule has 3 aromatic rings. The first-order valence-electron chi connectivity index (χ1n) is 8.77. The highest BCUT2D eigenvalue weighted by Crippen LogP contribution is 2.29. The Bertz CT molecular complexity index is 949. The van der Waals surface area contributed by atoms with Crippen LogP contribution in [0, 0.1) is 0 Å². The number of carbonyl (C=O) groups excluding carboxylic acids is 1. The van der Waals surface area contributed by atoms with Crippen LogP contribution in [0.4, 0.5) is 13.2 Å². The summed E-state index contributed by atoms with van der Waals surface area (Å²) in [7, 11) is 0. The number of aryl methyl sites for hydroxylation is 1. The Balaban J connectivity index is 1.60. The summed E-state index contributed by atoms with van der Waals surface area (Å²) < 4.78 is 38.3. The zero-order valence-corrected chi connectivity index (χ0v) is 14.9. The van der Waals surface area contributed by atoms with Crippen molar-refractivity contribution in [2.45, 2.75) is 32.0 Å². The van der Waals surface area contributed by atoms with Gasteiger partial charge in [-0.25, -0.2) is 0 Å². The van der Waals surface area contributed by atoms with Crippen molar-refractivity contribution >= 4 is 16.7 Å². The number of amides is 1. The second-order valence-corrected chi connectivity index (χ2v) is 6.59. The number of carbonyl (C=O) groups is 1. The second-order valence-electron chi connectivity index (χ2n) is 6.59. The molecule has 0 aliphatic carbocycles. The van der Waals surface area contributed by atoms with E-state index in [2.05, 4.69) is 5.32 Å². The maximum absolute atomic E-state index is 12.8. The summed E-state index contributed by atoms with van der Waals surface area (Å²) in [6.45, 7) is 1.90. The molecule has 1 atom stereocenters. The van der Waals surface area contributed by atoms with Gasteiger partial charge in [0.05, 0.1) is 11.6 Å². The highest BCUT2D eigenvalue weighted by Gasteiger charge is 2.30. The van der Waals surface area contributed by atoms with Crippen molar-refractivity contribution in [1.82, 2.24) is 5.32 Å². The van der Waals surface area contributed by atoms with Gasteiger partial charge in [0.25, 0.3) is 0 Å². The summed E-state index contributed by atoms with van der Waals surface area (Å²) in [5.74, 6) is -0.187. The molecule has 0 aliphatic heterocycles. The van der Waals surface area contributed by atoms with Gasteiger partial charge in [-0.3, -0.25) is 4.79 Å². The van der Waals surface area contributed by atoms with Crippen molar-refractivity contribution < 1.29 is 18.0 Å². The van der Waals surface area contributed by atoms with Crippen LogP contribution in [0.5, 0.6) is 0 Å². The molecule has 0 fully saturated rings. The lowest BCUT2D eigenvalue weighted by atomic mass is 10.0. The average Bonchev–Trinajstić information content (AvgIpc) is 2.65. The van der Waals surface area contributed by atoms with E-state index in [0.29, 0.717) is 5.56 Å². The van der Waals surface area contributed by atoms with Gasteiger partial charge in [0.2, 0.25) is 5.91 Å². The van der Waals surface area contributed by atoms with Gasteiger partial charge in [-0.05, 0) is 47.4 Å². The zero-order chi connectivity index (χ0) is 19.4. The quantitative estimate of drug-likeness (QED) is 0.615. The van der Waals surface area contributed by atoms with Crippen LogP contribution in [0.1, 0.15) is 36.1 Å². The van der Waals surface area contributed by atoms with Gasteiger partial charge in [0.15, 0.2) is 0 Å². The molecular weight excluding hydrogens is 351 g/mol. The Morgan fingerprint density at radius 1 is 0.963 bits per heavy atom. The minimum atomic E-state index is -4.37. The van der Waals surface area contributed by atoms with Crippen LogP contribution >= 0.6 is 0 Å². The monoisotopic (exact) mass is 371 g/mol. The fourth-order valence-electron chi connectivity index (χ4n) is 3.04. The van der Waals surface area contributed by atoms with Gasteiger partial charge >= 0.3 is 6.18 Å². The Hall–Kier alpha value is -2.82. The normalized spacial score (nSPS) is 12.7. The summed E-state index contributed by atoms with van der Waals surface area (Å²) >= 11 is 0. The minimum Gasteiger partial charge on any atom is -0.350 e. The fourth-order valence-corrected chi connectivity index (χ4v) is 3.04. The van der Waals surface area contributed by atoms with Gasteiger partial charge in [-0.1, -0.05) is 54.6 Å². The topological polar surface area (TPSA) is 29.1 Å². The number of hydrogen-bond acceptors (Lipinski definition) is 1. The van der Waals surface area contributed by atoms with Crippen molar-refractivity contribution in [3.05, 3.63) is 83.4 Å². The molecule has 1 unspecified atom stereocenters. The molecule has 2 nitrogen and oxygen atoms in total. The molecule has 27 heavy (non-hydrogen) atoms. The molecule has 0 aromatic heterocycles. The van der Waals surface area contributed by atoms with E-state index in [1.54, 1.807) is 6.07 Å². The summed E-state index contributed by atoms with van der Waals surface area (Å²) in [6.07, 6.45) is -3.97. The third-order valence-corrected chi connectivity index (χ3v) is 4.55. The predicted octanol–water partition coefficient (Wildman–Crippen LogP) is 5.67. The molecular formula is C22H20F3NO. The maximum atomic E-state index is 12.8. The number of halogens is 3. The van der Waals surface area contributed by atoms with Crippen molar-refractivity contribution in [3.63, 3.8) is 0 Å². The maximum Gasteiger partial charge on any atom is 0.416 e. The summed E-state index contributed by atoms with van der Waals surface area (Å²) in [4.78, 5) is 12.2. The fraction of sp³-hybridized carbons (Fsp3) is 0.227. The van der Waals surface area contributed by atoms with Crippen molar-refractivity contribution in [1.29, 1.82) is 0 Å². The summed E-state index contributed by atoms with van der Waals surface area (Å²) in [5.41, 5.74) is 0.796. The highest BCUT2D eigenvalue weighted by molar-refractivity contribution is 5.83. The average molecular weight is 371 g/mol. The SMILES string of the molecule is CC(NC(=O)CCc1cccc(C(F)(F)F)c1)c1ccc2ccccc2c1. The number of hydrogen-bond donors (Lipinski definition) is 1. The first-order valence-corrected chi connectivity index (χ1v) is 8.77. The molecule has 5 heteroatoms. The van der Waals surface area contributed by atoms with E-state index in [0.717, 1.165) is 28.5 Å². The van der Waals surface area contributed by atoms with E-state index in [-0.39, 0.29) is 24.8 Å². The van der Waals surface area contributed by atoms with Crippen LogP contribution < -0.4 is 5.32 Å². The lowest BCUT2D eigenvalue weighted by Gasteiger charge is -2.15. The second kappa shape index (κ2) is 7.82. The molecule has 3 aromatic carbocycles. The van der Waals surface area contributed by atoms with Crippen LogP contribution in [-0.2, 0) is 17.4 Å². The molecule has 0 saturated heterocycles. The standard InChI is InChI=1S/C22H20F3NO/c1-15(18-11-10-17-6-2-3-7-19(17)14-18)26-21(27)12-9-16-5-4-8-20(13-16)22(23,24)25/h2-8,10-11,13-15H,9,12H2,1H3,(H,26,27). The van der Waals surface area contributed by atoms with Crippen LogP contribution in [0.15, 0.2) is 66.7 Å². The molecule has 0 heterocycles. The Labute approximate surface area is 156 Å². The molecule has 0 saturated carbocycles. The van der Waals surface area contributed by atoms with Gasteiger partial charge in [0, 0.05) is 6.42 Å². The Morgan fingerprint density at radius 2 is 1.70 bits per heavy atom. The first-order chi connectivity index (χ1) is 12.8. The van der Waals surface area contributed by atoms with Gasteiger partial charge in [-0.15, -0.1) is 0 Å². The minimum absolute atomic E-state index is 0.138. The van der Waals surface area contributed by atoms with Crippen molar-refractivity contribution in [2.75, 3.05) is 0 Å². The third kappa shape index (κ3) is 4.88. The summed E-state index contributed by atoms with van der Waals surface area (Å²) in [5, 5.41) is 5.14. The molecule has 0 bridgehead atoms. The van der Waals surface area contributed by atoms with E-state index in [1.807, 2.05) is 49.4 Å². The molecule has 0 aliphatic rings. The molecule has 140 valence electrons. The highest BCUT2D eigenvalue weighted by atomic mass is 19.4. The number of benzene rings is 3. The number of rotatable bonds is 5. The number of alkyl halides is 3. The van der Waals surface area contributed by atoms with E-state index in [9.17, 15) is 18.0 Å². The largest absolute Gasteiger partial charge is 0.416 e. The molecule has 1 amide bonds. The molecule has 3 rings (SSSR count). The summed E-state index contributed by atoms with van der Waals surface area (Å²) in [6, 6.07) is 18.9. The Kier molecular flexibility index (Phi) is 5.49. The lowest BCUT2D eigenvalue weighted by Crippen LogP contribution is -2.26. The lowest BCUT2D eigenvalue weighted by molar-refractivity contribution is -0.137. The van der Waals surface area contributed by atoms with Crippen molar-refractivity contribution in [3.8, 4) is 0 Å². The number of fused-ring (bicyclic) bond motifs is 1. The molecule has 0 spiro atoms. The predicted molar refractivity (Wildman–Crippen MR) is 100 cm³/mol. The van der Waals surface area contributed by atoms with Crippen LogP contribution in [0.2, 0.25) is 0 Å². The third-order valence-electron chi connectivity index (χ3n) is 4.55. The van der Waals surface area contributed by atoms with E-state index < -0.39 is 11.7 Å². The zero-order valence-electron chi connectivity index (χ0n) is 14.9. The van der Waals surface area contributed by atoms with Gasteiger partial charge in [-0.2, -0.15) is 13.2 Å². The molecule has 0 radical (unpaired) electrons. The van der Waals surface area contributed by atoms with E-state index in [4.69, 9.17) is 0 Å². The van der Waals surface area contributed by atoms with Crippen molar-refractivity contribution in [2.24, 2.45) is 0 Å². The van der Waals surface area contributed by atoms with Crippen LogP contribution in [0.3, 0.4) is 0 Å². The van der Waals surface area contributed by atoms with E-state index in [1.165, 1.54) is 6.07 Å². The number of nitrogens with one attached hydrogen (secondary N) is 1. The van der Waals surface area contributed by atoms with Crippen LogP contribution in [0.25, 0.3) is 10.8 Å². The Morgan fingerprint density at radius 3 is 2.44 bits per heavy atom. The molecule has 1 N–H and O–H groups in total. The van der Waals surface area contributed by atoms with Crippen LogP contribution in [-0.4, -0.2) is 5.91 Å². The van der Waals surface area contributed by atoms with E-state index >= 15 is 0 Å². The van der Waals surface area contributed by atoms with Gasteiger partial charge < -0.3 is 5.32 Å². The first kappa shape index (κ1) is 19.0.